The first-order chi connectivity index (χ1) is 12.3. The molecule has 0 saturated heterocycles. The average Bonchev–Trinajstić information content (AvgIpc) is 3.23. The van der Waals surface area contributed by atoms with Gasteiger partial charge in [-0.05, 0) is 31.7 Å². The van der Waals surface area contributed by atoms with E-state index in [4.69, 9.17) is 10.1 Å². The van der Waals surface area contributed by atoms with Gasteiger partial charge in [0, 0.05) is 23.4 Å². The molecule has 2 heterocycles. The van der Waals surface area contributed by atoms with Gasteiger partial charge in [0.15, 0.2) is 5.65 Å². The second kappa shape index (κ2) is 6.87. The van der Waals surface area contributed by atoms with E-state index in [0.29, 0.717) is 6.04 Å². The van der Waals surface area contributed by atoms with Crippen molar-refractivity contribution in [3.05, 3.63) is 47.8 Å². The molecule has 4 rings (SSSR count). The molecule has 0 atom stereocenters. The number of nitrogens with zero attached hydrogens (tertiary/aromatic N) is 3. The molecule has 0 aliphatic heterocycles. The summed E-state index contributed by atoms with van der Waals surface area (Å²) in [4.78, 5) is 4.96. The minimum absolute atomic E-state index is 0.560. The molecule has 1 aliphatic carbocycles. The Bertz CT molecular complexity index is 860. The molecule has 0 bridgehead atoms. The maximum Gasteiger partial charge on any atom is 0.165 e. The van der Waals surface area contributed by atoms with Gasteiger partial charge in [-0.3, -0.25) is 0 Å². The second-order valence-corrected chi connectivity index (χ2v) is 7.07. The molecule has 0 unspecified atom stereocenters. The first-order valence-corrected chi connectivity index (χ1v) is 9.47. The molecule has 0 radical (unpaired) electrons. The number of nitrogens with one attached hydrogen (secondary N) is 1. The van der Waals surface area contributed by atoms with E-state index in [1.165, 1.54) is 31.2 Å². The van der Waals surface area contributed by atoms with Gasteiger partial charge in [-0.1, -0.05) is 56.5 Å². The molecule has 130 valence electrons. The molecule has 0 spiro atoms. The van der Waals surface area contributed by atoms with Crippen LogP contribution in [0.2, 0.25) is 0 Å². The minimum Gasteiger partial charge on any atom is -0.367 e. The van der Waals surface area contributed by atoms with Crippen LogP contribution in [0.1, 0.15) is 50.4 Å². The topological polar surface area (TPSA) is 42.2 Å². The zero-order valence-electron chi connectivity index (χ0n) is 15.1. The van der Waals surface area contributed by atoms with Crippen molar-refractivity contribution < 1.29 is 0 Å². The van der Waals surface area contributed by atoms with Crippen LogP contribution < -0.4 is 5.32 Å². The number of benzene rings is 1. The molecule has 25 heavy (non-hydrogen) atoms. The smallest absolute Gasteiger partial charge is 0.165 e. The molecular formula is C21H26N4. The fourth-order valence-corrected chi connectivity index (χ4v) is 3.88. The highest BCUT2D eigenvalue weighted by Crippen LogP contribution is 2.30. The number of hydrogen-bond donors (Lipinski definition) is 1. The first-order valence-electron chi connectivity index (χ1n) is 9.47. The fourth-order valence-electron chi connectivity index (χ4n) is 3.88. The van der Waals surface area contributed by atoms with Gasteiger partial charge in [0.25, 0.3) is 0 Å². The molecule has 1 aromatic carbocycles. The van der Waals surface area contributed by atoms with Crippen LogP contribution in [0.4, 0.5) is 5.82 Å². The Morgan fingerprint density at radius 1 is 1.16 bits per heavy atom. The number of anilines is 1. The Morgan fingerprint density at radius 2 is 1.92 bits per heavy atom. The van der Waals surface area contributed by atoms with Crippen LogP contribution in [-0.2, 0) is 6.42 Å². The summed E-state index contributed by atoms with van der Waals surface area (Å²) >= 11 is 0. The number of rotatable bonds is 5. The number of aryl methyl sites for hydroxylation is 2. The van der Waals surface area contributed by atoms with E-state index in [2.05, 4.69) is 49.5 Å². The first kappa shape index (κ1) is 16.1. The van der Waals surface area contributed by atoms with Crippen molar-refractivity contribution in [1.29, 1.82) is 0 Å². The van der Waals surface area contributed by atoms with E-state index in [1.807, 2.05) is 10.6 Å². The fraction of sp³-hybridized carbons (Fsp3) is 0.429. The highest BCUT2D eigenvalue weighted by Gasteiger charge is 2.20. The molecule has 3 aromatic rings. The standard InChI is InChI=1S/C21H26N4/c1-3-9-18-14-19(22-17-12-7-8-13-17)25-21(23-18)20(15(2)24-25)16-10-5-4-6-11-16/h4-6,10-11,14,17,22H,3,7-9,12-13H2,1-2H3. The molecule has 1 aliphatic rings. The maximum absolute atomic E-state index is 4.96. The molecule has 1 fully saturated rings. The van der Waals surface area contributed by atoms with Gasteiger partial charge in [-0.2, -0.15) is 9.61 Å². The van der Waals surface area contributed by atoms with E-state index in [1.54, 1.807) is 0 Å². The van der Waals surface area contributed by atoms with Crippen LogP contribution in [-0.4, -0.2) is 20.6 Å². The lowest BCUT2D eigenvalue weighted by Crippen LogP contribution is -2.18. The Labute approximate surface area is 149 Å². The summed E-state index contributed by atoms with van der Waals surface area (Å²) in [6, 6.07) is 13.2. The SMILES string of the molecule is CCCc1cc(NC2CCCC2)n2nc(C)c(-c3ccccc3)c2n1. The summed E-state index contributed by atoms with van der Waals surface area (Å²) < 4.78 is 2.01. The van der Waals surface area contributed by atoms with E-state index >= 15 is 0 Å². The van der Waals surface area contributed by atoms with Crippen molar-refractivity contribution >= 4 is 11.5 Å². The number of fused-ring (bicyclic) bond motifs is 1. The zero-order chi connectivity index (χ0) is 17.2. The Balaban J connectivity index is 1.86. The minimum atomic E-state index is 0.560. The number of aromatic nitrogens is 3. The van der Waals surface area contributed by atoms with E-state index in [9.17, 15) is 0 Å². The summed E-state index contributed by atoms with van der Waals surface area (Å²) in [5.74, 6) is 1.09. The lowest BCUT2D eigenvalue weighted by atomic mass is 10.1. The van der Waals surface area contributed by atoms with Gasteiger partial charge in [0.05, 0.1) is 5.69 Å². The average molecular weight is 334 g/mol. The summed E-state index contributed by atoms with van der Waals surface area (Å²) in [7, 11) is 0. The third-order valence-corrected chi connectivity index (χ3v) is 5.09. The van der Waals surface area contributed by atoms with Gasteiger partial charge in [0.1, 0.15) is 5.82 Å². The van der Waals surface area contributed by atoms with E-state index < -0.39 is 0 Å². The largest absolute Gasteiger partial charge is 0.367 e. The maximum atomic E-state index is 4.96. The summed E-state index contributed by atoms with van der Waals surface area (Å²) in [5, 5.41) is 8.56. The highest BCUT2D eigenvalue weighted by molar-refractivity contribution is 5.80. The quantitative estimate of drug-likeness (QED) is 0.713. The van der Waals surface area contributed by atoms with Crippen LogP contribution in [0.15, 0.2) is 36.4 Å². The van der Waals surface area contributed by atoms with Crippen molar-refractivity contribution in [2.45, 2.75) is 58.4 Å². The molecule has 4 nitrogen and oxygen atoms in total. The third kappa shape index (κ3) is 3.13. The van der Waals surface area contributed by atoms with E-state index in [-0.39, 0.29) is 0 Å². The third-order valence-electron chi connectivity index (χ3n) is 5.09. The van der Waals surface area contributed by atoms with Gasteiger partial charge in [-0.15, -0.1) is 0 Å². The normalized spacial score (nSPS) is 15.1. The molecule has 0 amide bonds. The van der Waals surface area contributed by atoms with Gasteiger partial charge >= 0.3 is 0 Å². The van der Waals surface area contributed by atoms with E-state index in [0.717, 1.165) is 41.3 Å². The van der Waals surface area contributed by atoms with Crippen molar-refractivity contribution in [1.82, 2.24) is 14.6 Å². The lowest BCUT2D eigenvalue weighted by Gasteiger charge is -2.15. The Morgan fingerprint density at radius 3 is 2.64 bits per heavy atom. The van der Waals surface area contributed by atoms with Crippen LogP contribution in [0, 0.1) is 6.92 Å². The number of hydrogen-bond acceptors (Lipinski definition) is 3. The molecule has 1 N–H and O–H groups in total. The lowest BCUT2D eigenvalue weighted by molar-refractivity contribution is 0.737. The Kier molecular flexibility index (Phi) is 4.43. The molecule has 1 saturated carbocycles. The van der Waals surface area contributed by atoms with Crippen molar-refractivity contribution in [2.24, 2.45) is 0 Å². The van der Waals surface area contributed by atoms with Crippen molar-refractivity contribution in [3.8, 4) is 11.1 Å². The second-order valence-electron chi connectivity index (χ2n) is 7.07. The monoisotopic (exact) mass is 334 g/mol. The summed E-state index contributed by atoms with van der Waals surface area (Å²) in [5.41, 5.74) is 5.47. The summed E-state index contributed by atoms with van der Waals surface area (Å²) in [6.45, 7) is 4.28. The van der Waals surface area contributed by atoms with Crippen LogP contribution in [0.3, 0.4) is 0 Å². The van der Waals surface area contributed by atoms with Crippen LogP contribution >= 0.6 is 0 Å². The van der Waals surface area contributed by atoms with Crippen molar-refractivity contribution in [3.63, 3.8) is 0 Å². The molecular weight excluding hydrogens is 308 g/mol. The highest BCUT2D eigenvalue weighted by atomic mass is 15.3. The predicted octanol–water partition coefficient (Wildman–Crippen LogP) is 5.01. The predicted molar refractivity (Wildman–Crippen MR) is 103 cm³/mol. The van der Waals surface area contributed by atoms with Crippen LogP contribution in [0.25, 0.3) is 16.8 Å². The molecule has 4 heteroatoms. The van der Waals surface area contributed by atoms with Crippen molar-refractivity contribution in [2.75, 3.05) is 5.32 Å². The van der Waals surface area contributed by atoms with Crippen LogP contribution in [0.5, 0.6) is 0 Å². The van der Waals surface area contributed by atoms with Gasteiger partial charge < -0.3 is 5.32 Å². The zero-order valence-corrected chi connectivity index (χ0v) is 15.1. The van der Waals surface area contributed by atoms with Gasteiger partial charge in [-0.25, -0.2) is 4.98 Å². The van der Waals surface area contributed by atoms with Gasteiger partial charge in [0.2, 0.25) is 0 Å². The molecule has 2 aromatic heterocycles. The Hall–Kier alpha value is -2.36. The summed E-state index contributed by atoms with van der Waals surface area (Å²) in [6.07, 6.45) is 7.23.